The minimum atomic E-state index is -5.03. The Kier molecular flexibility index (Phi) is 7.70. The Labute approximate surface area is 214 Å². The molecule has 0 unspecified atom stereocenters. The number of nitrogens with one attached hydrogen (secondary N) is 1. The number of rotatable bonds is 8. The van der Waals surface area contributed by atoms with E-state index < -0.39 is 71.7 Å². The summed E-state index contributed by atoms with van der Waals surface area (Å²) in [5.74, 6) is -1.95. The van der Waals surface area contributed by atoms with E-state index in [2.05, 4.69) is 15.1 Å². The lowest BCUT2D eigenvalue weighted by Gasteiger charge is -2.19. The zero-order valence-electron chi connectivity index (χ0n) is 19.8. The van der Waals surface area contributed by atoms with Crippen LogP contribution in [0.1, 0.15) is 30.9 Å². The number of aromatic nitrogens is 5. The molecule has 0 spiro atoms. The van der Waals surface area contributed by atoms with Gasteiger partial charge in [-0.2, -0.15) is 18.3 Å². The molecule has 0 bridgehead atoms. The van der Waals surface area contributed by atoms with E-state index >= 15 is 0 Å². The Bertz CT molecular complexity index is 1600. The third kappa shape index (κ3) is 6.07. The van der Waals surface area contributed by atoms with Crippen molar-refractivity contribution in [2.75, 3.05) is 0 Å². The zero-order chi connectivity index (χ0) is 28.5. The van der Waals surface area contributed by atoms with Crippen LogP contribution in [0.2, 0.25) is 0 Å². The predicted octanol–water partition coefficient (Wildman–Crippen LogP) is 4.83. The van der Waals surface area contributed by atoms with E-state index in [0.717, 1.165) is 23.0 Å². The van der Waals surface area contributed by atoms with E-state index in [1.165, 1.54) is 25.3 Å². The van der Waals surface area contributed by atoms with Crippen molar-refractivity contribution in [1.82, 2.24) is 24.7 Å². The van der Waals surface area contributed by atoms with Gasteiger partial charge in [0.1, 0.15) is 12.0 Å². The van der Waals surface area contributed by atoms with Crippen LogP contribution in [-0.2, 0) is 12.7 Å². The van der Waals surface area contributed by atoms with Crippen LogP contribution in [0.15, 0.2) is 52.6 Å². The molecule has 8 nitrogen and oxygen atoms in total. The first-order valence-electron chi connectivity index (χ1n) is 11.2. The lowest BCUT2D eigenvalue weighted by atomic mass is 10.1. The van der Waals surface area contributed by atoms with Crippen molar-refractivity contribution in [2.24, 2.45) is 0 Å². The Balaban J connectivity index is 1.51. The van der Waals surface area contributed by atoms with Crippen LogP contribution in [0.5, 0.6) is 5.75 Å². The summed E-state index contributed by atoms with van der Waals surface area (Å²) in [6, 6.07) is 3.55. The van der Waals surface area contributed by atoms with E-state index in [-0.39, 0.29) is 22.2 Å². The summed E-state index contributed by atoms with van der Waals surface area (Å²) in [5.41, 5.74) is -4.46. The Morgan fingerprint density at radius 2 is 1.77 bits per heavy atom. The SMILES string of the molecule is C[C@@H](C[C@@H](F)Cn1ccc2cc(-c3ncc(C(F)F)cn3)c(F)cc2c1=O)Oc1cn[nH]c(=O)c1C(F)(F)F. The first kappa shape index (κ1) is 27.7. The van der Waals surface area contributed by atoms with E-state index in [4.69, 9.17) is 4.74 Å². The molecule has 1 N–H and O–H groups in total. The van der Waals surface area contributed by atoms with Gasteiger partial charge in [-0.05, 0) is 30.5 Å². The van der Waals surface area contributed by atoms with Crippen LogP contribution in [0, 0.1) is 5.82 Å². The van der Waals surface area contributed by atoms with E-state index in [0.29, 0.717) is 6.20 Å². The van der Waals surface area contributed by atoms with Gasteiger partial charge in [0.15, 0.2) is 17.1 Å². The normalized spacial score (nSPS) is 13.6. The summed E-state index contributed by atoms with van der Waals surface area (Å²) in [5, 5.41) is 5.08. The molecule has 1 aromatic carbocycles. The second-order valence-corrected chi connectivity index (χ2v) is 8.53. The topological polar surface area (TPSA) is 103 Å². The molecular weight excluding hydrogens is 539 g/mol. The van der Waals surface area contributed by atoms with Gasteiger partial charge in [0.25, 0.3) is 17.5 Å². The average Bonchev–Trinajstić information content (AvgIpc) is 2.85. The molecule has 2 atom stereocenters. The number of hydrogen-bond donors (Lipinski definition) is 1. The van der Waals surface area contributed by atoms with Gasteiger partial charge in [-0.15, -0.1) is 0 Å². The molecule has 4 rings (SSSR count). The number of benzene rings is 1. The highest BCUT2D eigenvalue weighted by Gasteiger charge is 2.38. The Hall–Kier alpha value is -4.30. The molecule has 4 aromatic rings. The molecule has 3 heterocycles. The third-order valence-corrected chi connectivity index (χ3v) is 5.64. The molecule has 39 heavy (non-hydrogen) atoms. The number of fused-ring (bicyclic) bond motifs is 1. The predicted molar refractivity (Wildman–Crippen MR) is 124 cm³/mol. The van der Waals surface area contributed by atoms with E-state index in [1.807, 2.05) is 0 Å². The molecule has 0 aliphatic rings. The maximum atomic E-state index is 14.8. The van der Waals surface area contributed by atoms with Crippen LogP contribution < -0.4 is 15.9 Å². The summed E-state index contributed by atoms with van der Waals surface area (Å²) in [6.07, 6.45) is -7.58. The highest BCUT2D eigenvalue weighted by atomic mass is 19.4. The van der Waals surface area contributed by atoms with Crippen LogP contribution in [0.25, 0.3) is 22.2 Å². The van der Waals surface area contributed by atoms with Crippen molar-refractivity contribution in [2.45, 2.75) is 44.8 Å². The fraction of sp³-hybridized carbons (Fsp3) is 0.292. The maximum absolute atomic E-state index is 14.8. The maximum Gasteiger partial charge on any atom is 0.425 e. The Morgan fingerprint density at radius 1 is 1.08 bits per heavy atom. The summed E-state index contributed by atoms with van der Waals surface area (Å²) >= 11 is 0. The second-order valence-electron chi connectivity index (χ2n) is 8.53. The number of H-pyrrole nitrogens is 1. The van der Waals surface area contributed by atoms with Gasteiger partial charge >= 0.3 is 6.18 Å². The molecule has 0 saturated heterocycles. The molecule has 0 fully saturated rings. The zero-order valence-corrected chi connectivity index (χ0v) is 19.8. The molecule has 206 valence electrons. The first-order chi connectivity index (χ1) is 18.3. The Morgan fingerprint density at radius 3 is 2.41 bits per heavy atom. The molecule has 0 aliphatic carbocycles. The number of halogens is 7. The van der Waals surface area contributed by atoms with Crippen molar-refractivity contribution < 1.29 is 35.5 Å². The molecular formula is C24H18F7N5O3. The molecule has 0 radical (unpaired) electrons. The minimum absolute atomic E-state index is 0.108. The van der Waals surface area contributed by atoms with Crippen LogP contribution >= 0.6 is 0 Å². The standard InChI is InChI=1S/C24H18F7N5O3/c1-11(39-18-9-34-35-22(37)19(18)24(29,30)31)4-14(25)10-36-3-2-12-5-16(17(26)6-15(12)23(36)38)21-32-7-13(8-33-21)20(27)28/h2-3,5-9,11,14,20H,4,10H2,1H3,(H,35,37)/t11-,14+/m0/s1. The molecule has 3 aromatic heterocycles. The first-order valence-corrected chi connectivity index (χ1v) is 11.2. The van der Waals surface area contributed by atoms with E-state index in [9.17, 15) is 40.3 Å². The van der Waals surface area contributed by atoms with Crippen molar-refractivity contribution >= 4 is 10.8 Å². The lowest BCUT2D eigenvalue weighted by Crippen LogP contribution is -2.29. The van der Waals surface area contributed by atoms with Gasteiger partial charge in [0.05, 0.1) is 35.4 Å². The van der Waals surface area contributed by atoms with Crippen molar-refractivity contribution in [3.8, 4) is 17.1 Å². The lowest BCUT2D eigenvalue weighted by molar-refractivity contribution is -0.140. The van der Waals surface area contributed by atoms with Crippen molar-refractivity contribution in [1.29, 1.82) is 0 Å². The summed E-state index contributed by atoms with van der Waals surface area (Å²) in [4.78, 5) is 31.9. The molecule has 15 heteroatoms. The summed E-state index contributed by atoms with van der Waals surface area (Å²) in [7, 11) is 0. The second kappa shape index (κ2) is 10.8. The van der Waals surface area contributed by atoms with Crippen molar-refractivity contribution in [3.63, 3.8) is 0 Å². The molecule has 0 saturated carbocycles. The van der Waals surface area contributed by atoms with E-state index in [1.54, 1.807) is 5.10 Å². The number of nitrogens with zero attached hydrogens (tertiary/aromatic N) is 4. The smallest absolute Gasteiger partial charge is 0.425 e. The fourth-order valence-electron chi connectivity index (χ4n) is 3.86. The van der Waals surface area contributed by atoms with Gasteiger partial charge in [-0.1, -0.05) is 0 Å². The number of ether oxygens (including phenoxy) is 1. The largest absolute Gasteiger partial charge is 0.488 e. The highest BCUT2D eigenvalue weighted by Crippen LogP contribution is 2.33. The van der Waals surface area contributed by atoms with Crippen LogP contribution in [0.4, 0.5) is 30.7 Å². The van der Waals surface area contributed by atoms with Gasteiger partial charge in [-0.25, -0.2) is 32.6 Å². The number of alkyl halides is 6. The molecule has 0 amide bonds. The number of aromatic amines is 1. The minimum Gasteiger partial charge on any atom is -0.488 e. The van der Waals surface area contributed by atoms with Gasteiger partial charge in [0, 0.05) is 25.0 Å². The quantitative estimate of drug-likeness (QED) is 0.312. The van der Waals surface area contributed by atoms with Gasteiger partial charge < -0.3 is 9.30 Å². The van der Waals surface area contributed by atoms with Crippen molar-refractivity contribution in [3.05, 3.63) is 80.6 Å². The van der Waals surface area contributed by atoms with Gasteiger partial charge in [-0.3, -0.25) is 9.59 Å². The number of hydrogen-bond acceptors (Lipinski definition) is 6. The van der Waals surface area contributed by atoms with Crippen LogP contribution in [0.3, 0.4) is 0 Å². The number of pyridine rings is 1. The van der Waals surface area contributed by atoms with Crippen LogP contribution in [-0.4, -0.2) is 37.0 Å². The fourth-order valence-corrected chi connectivity index (χ4v) is 3.86. The summed E-state index contributed by atoms with van der Waals surface area (Å²) in [6.45, 7) is 0.758. The third-order valence-electron chi connectivity index (χ3n) is 5.64. The summed E-state index contributed by atoms with van der Waals surface area (Å²) < 4.78 is 101. The average molecular weight is 557 g/mol. The monoisotopic (exact) mass is 557 g/mol. The highest BCUT2D eigenvalue weighted by molar-refractivity contribution is 5.85. The van der Waals surface area contributed by atoms with Gasteiger partial charge in [0.2, 0.25) is 0 Å². The molecule has 0 aliphatic heterocycles.